The van der Waals surface area contributed by atoms with E-state index in [1.54, 1.807) is 36.4 Å². The number of aldehydes is 1. The van der Waals surface area contributed by atoms with Gasteiger partial charge in [0.2, 0.25) is 0 Å². The fourth-order valence-corrected chi connectivity index (χ4v) is 1.78. The Morgan fingerprint density at radius 3 is 2.26 bits per heavy atom. The molecule has 0 fully saturated rings. The van der Waals surface area contributed by atoms with E-state index in [9.17, 15) is 9.59 Å². The fraction of sp³-hybridized carbons (Fsp3) is 0. The lowest BCUT2D eigenvalue weighted by Gasteiger charge is -2.06. The summed E-state index contributed by atoms with van der Waals surface area (Å²) in [5, 5.41) is 3.42. The van der Waals surface area contributed by atoms with Crippen molar-refractivity contribution in [2.75, 3.05) is 5.32 Å². The van der Waals surface area contributed by atoms with Gasteiger partial charge in [-0.25, -0.2) is 0 Å². The maximum atomic E-state index is 11.9. The number of carbonyl (C=O) groups is 2. The first-order chi connectivity index (χ1) is 9.10. The van der Waals surface area contributed by atoms with E-state index in [4.69, 9.17) is 23.2 Å². The minimum Gasteiger partial charge on any atom is -0.322 e. The summed E-state index contributed by atoms with van der Waals surface area (Å²) in [5.74, 6) is -0.294. The number of amides is 1. The van der Waals surface area contributed by atoms with Gasteiger partial charge in [-0.3, -0.25) is 9.59 Å². The van der Waals surface area contributed by atoms with Crippen molar-refractivity contribution in [3.05, 3.63) is 63.6 Å². The van der Waals surface area contributed by atoms with Crippen LogP contribution in [0.5, 0.6) is 0 Å². The van der Waals surface area contributed by atoms with Crippen molar-refractivity contribution in [3.63, 3.8) is 0 Å². The molecule has 2 rings (SSSR count). The standard InChI is InChI=1S/C14H9Cl2NO2/c15-12-6-3-10(7-13(12)16)14(19)17-11-4-1-9(8-18)2-5-11/h1-8H,(H,17,19). The van der Waals surface area contributed by atoms with E-state index in [-0.39, 0.29) is 5.91 Å². The number of carbonyl (C=O) groups excluding carboxylic acids is 2. The van der Waals surface area contributed by atoms with Gasteiger partial charge in [0.05, 0.1) is 10.0 Å². The molecule has 2 aromatic carbocycles. The Balaban J connectivity index is 2.15. The van der Waals surface area contributed by atoms with E-state index in [1.165, 1.54) is 6.07 Å². The molecule has 0 aliphatic rings. The van der Waals surface area contributed by atoms with E-state index < -0.39 is 0 Å². The lowest BCUT2D eigenvalue weighted by molar-refractivity contribution is 0.102. The zero-order chi connectivity index (χ0) is 13.8. The number of rotatable bonds is 3. The normalized spacial score (nSPS) is 10.0. The van der Waals surface area contributed by atoms with Gasteiger partial charge in [-0.15, -0.1) is 0 Å². The van der Waals surface area contributed by atoms with Crippen LogP contribution < -0.4 is 5.32 Å². The van der Waals surface area contributed by atoms with E-state index in [2.05, 4.69) is 5.32 Å². The Bertz CT molecular complexity index is 624. The third-order valence-corrected chi connectivity index (χ3v) is 3.23. The van der Waals surface area contributed by atoms with Crippen LogP contribution in [0.4, 0.5) is 5.69 Å². The summed E-state index contributed by atoms with van der Waals surface area (Å²) in [4.78, 5) is 22.5. The lowest BCUT2D eigenvalue weighted by Crippen LogP contribution is -2.11. The molecule has 0 aliphatic heterocycles. The quantitative estimate of drug-likeness (QED) is 0.868. The second-order valence-electron chi connectivity index (χ2n) is 3.82. The highest BCUT2D eigenvalue weighted by molar-refractivity contribution is 6.42. The van der Waals surface area contributed by atoms with E-state index in [0.717, 1.165) is 6.29 Å². The molecule has 1 amide bonds. The first-order valence-corrected chi connectivity index (χ1v) is 6.17. The van der Waals surface area contributed by atoms with Crippen molar-refractivity contribution in [3.8, 4) is 0 Å². The summed E-state index contributed by atoms with van der Waals surface area (Å²) in [6, 6.07) is 11.2. The van der Waals surface area contributed by atoms with E-state index in [0.29, 0.717) is 26.9 Å². The summed E-state index contributed by atoms with van der Waals surface area (Å²) < 4.78 is 0. The van der Waals surface area contributed by atoms with Crippen LogP contribution in [0.2, 0.25) is 10.0 Å². The zero-order valence-corrected chi connectivity index (χ0v) is 11.2. The van der Waals surface area contributed by atoms with Crippen molar-refractivity contribution in [1.82, 2.24) is 0 Å². The molecule has 0 saturated carbocycles. The molecule has 19 heavy (non-hydrogen) atoms. The number of nitrogens with one attached hydrogen (secondary N) is 1. The van der Waals surface area contributed by atoms with Crippen molar-refractivity contribution in [2.24, 2.45) is 0 Å². The van der Waals surface area contributed by atoms with Crippen LogP contribution in [0, 0.1) is 0 Å². The first-order valence-electron chi connectivity index (χ1n) is 5.42. The Morgan fingerprint density at radius 2 is 1.68 bits per heavy atom. The number of hydrogen-bond acceptors (Lipinski definition) is 2. The Kier molecular flexibility index (Phi) is 4.20. The molecule has 0 saturated heterocycles. The summed E-state index contributed by atoms with van der Waals surface area (Å²) in [5.41, 5.74) is 1.56. The van der Waals surface area contributed by atoms with Gasteiger partial charge in [-0.1, -0.05) is 23.2 Å². The Hall–Kier alpha value is -1.84. The topological polar surface area (TPSA) is 46.2 Å². The Morgan fingerprint density at radius 1 is 1.00 bits per heavy atom. The van der Waals surface area contributed by atoms with Crippen LogP contribution in [-0.2, 0) is 0 Å². The van der Waals surface area contributed by atoms with Crippen molar-refractivity contribution in [2.45, 2.75) is 0 Å². The predicted octanol–water partition coefficient (Wildman–Crippen LogP) is 4.06. The highest BCUT2D eigenvalue weighted by Crippen LogP contribution is 2.23. The number of hydrogen-bond donors (Lipinski definition) is 1. The molecule has 1 N–H and O–H groups in total. The highest BCUT2D eigenvalue weighted by Gasteiger charge is 2.08. The zero-order valence-electron chi connectivity index (χ0n) is 9.69. The van der Waals surface area contributed by atoms with Gasteiger partial charge in [0.1, 0.15) is 6.29 Å². The van der Waals surface area contributed by atoms with Gasteiger partial charge in [0.15, 0.2) is 0 Å². The van der Waals surface area contributed by atoms with Gasteiger partial charge in [0.25, 0.3) is 5.91 Å². The third kappa shape index (κ3) is 3.34. The van der Waals surface area contributed by atoms with Gasteiger partial charge >= 0.3 is 0 Å². The average Bonchev–Trinajstić information content (AvgIpc) is 2.42. The smallest absolute Gasteiger partial charge is 0.255 e. The minimum absolute atomic E-state index is 0.294. The van der Waals surface area contributed by atoms with Crippen LogP contribution in [0.3, 0.4) is 0 Å². The van der Waals surface area contributed by atoms with Crippen LogP contribution in [-0.4, -0.2) is 12.2 Å². The molecule has 5 heteroatoms. The molecule has 0 heterocycles. The highest BCUT2D eigenvalue weighted by atomic mass is 35.5. The van der Waals surface area contributed by atoms with Gasteiger partial charge in [-0.2, -0.15) is 0 Å². The van der Waals surface area contributed by atoms with Crippen LogP contribution >= 0.6 is 23.2 Å². The maximum absolute atomic E-state index is 11.9. The first kappa shape index (κ1) is 13.6. The van der Waals surface area contributed by atoms with Crippen LogP contribution in [0.1, 0.15) is 20.7 Å². The third-order valence-electron chi connectivity index (χ3n) is 2.49. The summed E-state index contributed by atoms with van der Waals surface area (Å²) in [6.07, 6.45) is 0.741. The van der Waals surface area contributed by atoms with Gasteiger partial charge in [-0.05, 0) is 42.5 Å². The molecular weight excluding hydrogens is 285 g/mol. The SMILES string of the molecule is O=Cc1ccc(NC(=O)c2ccc(Cl)c(Cl)c2)cc1. The molecule has 0 radical (unpaired) electrons. The number of anilines is 1. The average molecular weight is 294 g/mol. The second-order valence-corrected chi connectivity index (χ2v) is 4.64. The lowest BCUT2D eigenvalue weighted by atomic mass is 10.2. The number of benzene rings is 2. The van der Waals surface area contributed by atoms with Crippen molar-refractivity contribution >= 4 is 41.1 Å². The molecular formula is C14H9Cl2NO2. The van der Waals surface area contributed by atoms with Crippen LogP contribution in [0.25, 0.3) is 0 Å². The maximum Gasteiger partial charge on any atom is 0.255 e. The molecule has 0 atom stereocenters. The van der Waals surface area contributed by atoms with Gasteiger partial charge < -0.3 is 5.32 Å². The van der Waals surface area contributed by atoms with E-state index in [1.807, 2.05) is 0 Å². The molecule has 0 bridgehead atoms. The summed E-state index contributed by atoms with van der Waals surface area (Å²) >= 11 is 11.6. The minimum atomic E-state index is -0.294. The molecule has 0 unspecified atom stereocenters. The fourth-order valence-electron chi connectivity index (χ4n) is 1.49. The van der Waals surface area contributed by atoms with Crippen molar-refractivity contribution in [1.29, 1.82) is 0 Å². The molecule has 3 nitrogen and oxygen atoms in total. The second kappa shape index (κ2) is 5.87. The summed E-state index contributed by atoms with van der Waals surface area (Å²) in [6.45, 7) is 0. The largest absolute Gasteiger partial charge is 0.322 e. The van der Waals surface area contributed by atoms with Gasteiger partial charge in [0, 0.05) is 16.8 Å². The summed E-state index contributed by atoms with van der Waals surface area (Å²) in [7, 11) is 0. The Labute approximate surface area is 120 Å². The number of halogens is 2. The molecule has 2 aromatic rings. The molecule has 0 aromatic heterocycles. The molecule has 96 valence electrons. The van der Waals surface area contributed by atoms with Crippen LogP contribution in [0.15, 0.2) is 42.5 Å². The predicted molar refractivity (Wildman–Crippen MR) is 76.2 cm³/mol. The molecule has 0 spiro atoms. The van der Waals surface area contributed by atoms with E-state index >= 15 is 0 Å². The van der Waals surface area contributed by atoms with Crippen molar-refractivity contribution < 1.29 is 9.59 Å². The molecule has 0 aliphatic carbocycles. The monoisotopic (exact) mass is 293 g/mol.